The van der Waals surface area contributed by atoms with Crippen LogP contribution in [-0.2, 0) is 11.6 Å². The molecule has 5 nitrogen and oxygen atoms in total. The molecule has 24 heavy (non-hydrogen) atoms. The minimum atomic E-state index is -4.60. The van der Waals surface area contributed by atoms with Crippen molar-refractivity contribution in [2.45, 2.75) is 24.4 Å². The second kappa shape index (κ2) is 4.75. The molecule has 0 unspecified atom stereocenters. The van der Waals surface area contributed by atoms with E-state index in [1.54, 1.807) is 24.3 Å². The SMILES string of the molecule is COc1ccc(-n2nc(C(F)(F)F)c3c2C(=O)NCC32CC2)cc1. The Labute approximate surface area is 135 Å². The Morgan fingerprint density at radius 1 is 1.25 bits per heavy atom. The monoisotopic (exact) mass is 337 g/mol. The molecule has 0 atom stereocenters. The molecule has 4 rings (SSSR count). The molecule has 1 aromatic carbocycles. The number of methoxy groups -OCH3 is 1. The van der Waals surface area contributed by atoms with Gasteiger partial charge >= 0.3 is 6.18 Å². The first-order valence-electron chi connectivity index (χ1n) is 7.49. The molecule has 1 N–H and O–H groups in total. The molecule has 0 radical (unpaired) electrons. The zero-order chi connectivity index (χ0) is 17.1. The third-order valence-corrected chi connectivity index (χ3v) is 4.66. The zero-order valence-corrected chi connectivity index (χ0v) is 12.8. The lowest BCUT2D eigenvalue weighted by molar-refractivity contribution is -0.142. The van der Waals surface area contributed by atoms with Crippen molar-refractivity contribution in [2.75, 3.05) is 13.7 Å². The van der Waals surface area contributed by atoms with Crippen molar-refractivity contribution >= 4 is 5.91 Å². The fourth-order valence-electron chi connectivity index (χ4n) is 3.24. The van der Waals surface area contributed by atoms with Gasteiger partial charge in [-0.15, -0.1) is 0 Å². The van der Waals surface area contributed by atoms with Crippen molar-refractivity contribution in [3.8, 4) is 11.4 Å². The summed E-state index contributed by atoms with van der Waals surface area (Å²) in [6, 6.07) is 6.38. The van der Waals surface area contributed by atoms with Crippen molar-refractivity contribution in [2.24, 2.45) is 0 Å². The quantitative estimate of drug-likeness (QED) is 0.917. The number of carbonyl (C=O) groups is 1. The summed E-state index contributed by atoms with van der Waals surface area (Å²) >= 11 is 0. The predicted octanol–water partition coefficient (Wildman–Crippen LogP) is 2.67. The van der Waals surface area contributed by atoms with Crippen molar-refractivity contribution in [3.05, 3.63) is 41.2 Å². The maximum Gasteiger partial charge on any atom is 0.435 e. The molecule has 1 amide bonds. The fraction of sp³-hybridized carbons (Fsp3) is 0.375. The van der Waals surface area contributed by atoms with E-state index >= 15 is 0 Å². The first kappa shape index (κ1) is 15.0. The highest BCUT2D eigenvalue weighted by Crippen LogP contribution is 2.54. The van der Waals surface area contributed by atoms with Crippen molar-refractivity contribution in [3.63, 3.8) is 0 Å². The molecule has 8 heteroatoms. The van der Waals surface area contributed by atoms with Gasteiger partial charge in [-0.05, 0) is 37.1 Å². The van der Waals surface area contributed by atoms with Crippen LogP contribution in [0.2, 0.25) is 0 Å². The number of nitrogens with zero attached hydrogens (tertiary/aromatic N) is 2. The topological polar surface area (TPSA) is 56.2 Å². The Bertz CT molecular complexity index is 820. The van der Waals surface area contributed by atoms with E-state index in [0.29, 0.717) is 24.3 Å². The zero-order valence-electron chi connectivity index (χ0n) is 12.8. The van der Waals surface area contributed by atoms with E-state index in [2.05, 4.69) is 10.4 Å². The molecule has 126 valence electrons. The molecule has 1 spiro atoms. The average Bonchev–Trinajstić information content (AvgIpc) is 3.19. The lowest BCUT2D eigenvalue weighted by atomic mass is 9.89. The van der Waals surface area contributed by atoms with E-state index in [9.17, 15) is 18.0 Å². The third-order valence-electron chi connectivity index (χ3n) is 4.66. The first-order chi connectivity index (χ1) is 11.4. The number of aromatic nitrogens is 2. The molecule has 2 aromatic rings. The van der Waals surface area contributed by atoms with Gasteiger partial charge < -0.3 is 10.1 Å². The summed E-state index contributed by atoms with van der Waals surface area (Å²) in [7, 11) is 1.50. The van der Waals surface area contributed by atoms with Gasteiger partial charge in [0, 0.05) is 17.5 Å². The predicted molar refractivity (Wildman–Crippen MR) is 78.4 cm³/mol. The van der Waals surface area contributed by atoms with Crippen molar-refractivity contribution in [1.29, 1.82) is 0 Å². The second-order valence-electron chi connectivity index (χ2n) is 6.14. The summed E-state index contributed by atoms with van der Waals surface area (Å²) in [6.45, 7) is 0.232. The minimum absolute atomic E-state index is 0.0174. The number of benzene rings is 1. The normalized spacial score (nSPS) is 18.2. The maximum absolute atomic E-state index is 13.5. The molecule has 1 fully saturated rings. The molecule has 1 aromatic heterocycles. The maximum atomic E-state index is 13.5. The minimum Gasteiger partial charge on any atom is -0.497 e. The molecular formula is C16H14F3N3O2. The van der Waals surface area contributed by atoms with Crippen molar-refractivity contribution in [1.82, 2.24) is 15.1 Å². The Balaban J connectivity index is 1.95. The molecule has 2 aliphatic rings. The van der Waals surface area contributed by atoms with Gasteiger partial charge in [-0.1, -0.05) is 0 Å². The Morgan fingerprint density at radius 2 is 1.92 bits per heavy atom. The smallest absolute Gasteiger partial charge is 0.435 e. The Morgan fingerprint density at radius 3 is 2.46 bits per heavy atom. The lowest BCUT2D eigenvalue weighted by Gasteiger charge is -2.24. The molecule has 0 bridgehead atoms. The van der Waals surface area contributed by atoms with Gasteiger partial charge in [0.05, 0.1) is 12.8 Å². The van der Waals surface area contributed by atoms with Crippen LogP contribution in [0.5, 0.6) is 5.75 Å². The van der Waals surface area contributed by atoms with Crippen LogP contribution in [0.25, 0.3) is 5.69 Å². The van der Waals surface area contributed by atoms with Crippen LogP contribution >= 0.6 is 0 Å². The number of hydrogen-bond acceptors (Lipinski definition) is 3. The van der Waals surface area contributed by atoms with E-state index < -0.39 is 23.2 Å². The van der Waals surface area contributed by atoms with Gasteiger partial charge in [-0.2, -0.15) is 18.3 Å². The number of amides is 1. The summed E-state index contributed by atoms with van der Waals surface area (Å²) in [6.07, 6.45) is -3.36. The molecule has 0 saturated heterocycles. The van der Waals surface area contributed by atoms with Crippen LogP contribution in [0.15, 0.2) is 24.3 Å². The highest BCUT2D eigenvalue weighted by atomic mass is 19.4. The number of alkyl halides is 3. The summed E-state index contributed by atoms with van der Waals surface area (Å²) in [5.41, 5.74) is -1.18. The van der Waals surface area contributed by atoms with Crippen LogP contribution in [0, 0.1) is 0 Å². The number of rotatable bonds is 2. The van der Waals surface area contributed by atoms with Crippen molar-refractivity contribution < 1.29 is 22.7 Å². The average molecular weight is 337 g/mol. The lowest BCUT2D eigenvalue weighted by Crippen LogP contribution is -2.40. The number of carbonyl (C=O) groups excluding carboxylic acids is 1. The molecule has 1 saturated carbocycles. The summed E-state index contributed by atoms with van der Waals surface area (Å²) in [5.74, 6) is 0.0419. The van der Waals surface area contributed by atoms with E-state index in [1.165, 1.54) is 7.11 Å². The number of ether oxygens (including phenoxy) is 1. The molecule has 1 aliphatic carbocycles. The highest BCUT2D eigenvalue weighted by molar-refractivity contribution is 5.97. The number of hydrogen-bond donors (Lipinski definition) is 1. The van der Waals surface area contributed by atoms with E-state index in [-0.39, 0.29) is 17.8 Å². The van der Waals surface area contributed by atoms with E-state index in [1.807, 2.05) is 0 Å². The summed E-state index contributed by atoms with van der Waals surface area (Å²) in [4.78, 5) is 12.3. The van der Waals surface area contributed by atoms with Crippen LogP contribution in [0.1, 0.15) is 34.6 Å². The molecular weight excluding hydrogens is 323 g/mol. The van der Waals surface area contributed by atoms with Gasteiger partial charge in [0.2, 0.25) is 0 Å². The number of halogens is 3. The summed E-state index contributed by atoms with van der Waals surface area (Å²) < 4.78 is 46.6. The molecule has 2 heterocycles. The van der Waals surface area contributed by atoms with E-state index in [0.717, 1.165) is 4.68 Å². The van der Waals surface area contributed by atoms with Gasteiger partial charge in [0.15, 0.2) is 5.69 Å². The van der Waals surface area contributed by atoms with Crippen LogP contribution in [0.4, 0.5) is 13.2 Å². The van der Waals surface area contributed by atoms with Crippen LogP contribution < -0.4 is 10.1 Å². The van der Waals surface area contributed by atoms with Gasteiger partial charge in [0.25, 0.3) is 5.91 Å². The van der Waals surface area contributed by atoms with E-state index in [4.69, 9.17) is 4.74 Å². The summed E-state index contributed by atoms with van der Waals surface area (Å²) in [5, 5.41) is 6.46. The third kappa shape index (κ3) is 2.09. The van der Waals surface area contributed by atoms with Gasteiger partial charge in [-0.25, -0.2) is 4.68 Å². The Hall–Kier alpha value is -2.51. The van der Waals surface area contributed by atoms with Crippen LogP contribution in [-0.4, -0.2) is 29.3 Å². The number of fused-ring (bicyclic) bond motifs is 2. The van der Waals surface area contributed by atoms with Gasteiger partial charge in [-0.3, -0.25) is 4.79 Å². The largest absolute Gasteiger partial charge is 0.497 e. The van der Waals surface area contributed by atoms with Crippen LogP contribution in [0.3, 0.4) is 0 Å². The van der Waals surface area contributed by atoms with Gasteiger partial charge in [0.1, 0.15) is 11.4 Å². The second-order valence-corrected chi connectivity index (χ2v) is 6.14. The standard InChI is InChI=1S/C16H14F3N3O2/c1-24-10-4-2-9(3-5-10)22-12-11(13(21-22)16(17,18)19)15(6-7-15)8-20-14(12)23/h2-5H,6-8H2,1H3,(H,20,23). The Kier molecular flexibility index (Phi) is 2.98. The molecule has 1 aliphatic heterocycles. The number of nitrogens with one attached hydrogen (secondary N) is 1. The highest BCUT2D eigenvalue weighted by Gasteiger charge is 2.56. The first-order valence-corrected chi connectivity index (χ1v) is 7.49. The fourth-order valence-corrected chi connectivity index (χ4v) is 3.24.